The van der Waals surface area contributed by atoms with Crippen LogP contribution >= 0.6 is 11.8 Å². The minimum Gasteiger partial charge on any atom is -0.497 e. The van der Waals surface area contributed by atoms with Crippen molar-refractivity contribution in [3.63, 3.8) is 0 Å². The number of rotatable bonds is 7. The van der Waals surface area contributed by atoms with Crippen LogP contribution in [0.2, 0.25) is 0 Å². The number of nitrogens with one attached hydrogen (secondary N) is 1. The fourth-order valence-corrected chi connectivity index (χ4v) is 3.23. The van der Waals surface area contributed by atoms with E-state index in [0.29, 0.717) is 17.5 Å². The quantitative estimate of drug-likeness (QED) is 0.481. The molecule has 7 nitrogen and oxygen atoms in total. The molecule has 1 atom stereocenters. The van der Waals surface area contributed by atoms with Gasteiger partial charge in [0.2, 0.25) is 11.1 Å². The Kier molecular flexibility index (Phi) is 5.97. The number of methoxy groups -OCH3 is 1. The molecule has 1 heterocycles. The van der Waals surface area contributed by atoms with Crippen LogP contribution in [0.4, 0.5) is 0 Å². The highest BCUT2D eigenvalue weighted by Crippen LogP contribution is 2.26. The molecule has 3 rings (SSSR count). The molecule has 140 valence electrons. The maximum Gasteiger partial charge on any atom is 0.233 e. The molecule has 2 aromatic carbocycles. The number of benzene rings is 2. The van der Waals surface area contributed by atoms with E-state index in [1.807, 2.05) is 61.5 Å². The Morgan fingerprint density at radius 3 is 2.56 bits per heavy atom. The predicted octanol–water partition coefficient (Wildman–Crippen LogP) is 2.46. The van der Waals surface area contributed by atoms with Gasteiger partial charge in [-0.05, 0) is 36.8 Å². The fraction of sp³-hybridized carbons (Fsp3) is 0.211. The number of carbonyl (C=O) groups excluding carboxylic acids is 1. The number of amides is 1. The lowest BCUT2D eigenvalue weighted by Crippen LogP contribution is -2.30. The highest BCUT2D eigenvalue weighted by Gasteiger charge is 2.19. The van der Waals surface area contributed by atoms with Crippen LogP contribution in [-0.2, 0) is 11.3 Å². The van der Waals surface area contributed by atoms with E-state index in [9.17, 15) is 4.79 Å². The zero-order chi connectivity index (χ0) is 19.2. The fourth-order valence-electron chi connectivity index (χ4n) is 2.43. The van der Waals surface area contributed by atoms with E-state index >= 15 is 0 Å². The third-order valence-electron chi connectivity index (χ3n) is 3.97. The standard InChI is InChI=1S/C19H21N5O2S/c1-13(18(25)21-12-14-6-4-3-5-7-14)27-19-23-22-17(24(19)20)15-8-10-16(26-2)11-9-15/h3-11,13H,12,20H2,1-2H3,(H,21,25). The monoisotopic (exact) mass is 383 g/mol. The number of carbonyl (C=O) groups is 1. The molecule has 27 heavy (non-hydrogen) atoms. The van der Waals surface area contributed by atoms with Crippen LogP contribution in [0.5, 0.6) is 5.75 Å². The zero-order valence-corrected chi connectivity index (χ0v) is 15.9. The van der Waals surface area contributed by atoms with E-state index in [0.717, 1.165) is 16.9 Å². The molecule has 3 N–H and O–H groups in total. The van der Waals surface area contributed by atoms with Crippen molar-refractivity contribution >= 4 is 17.7 Å². The van der Waals surface area contributed by atoms with Gasteiger partial charge in [-0.2, -0.15) is 0 Å². The Labute approximate surface area is 161 Å². The third-order valence-corrected chi connectivity index (χ3v) is 5.03. The summed E-state index contributed by atoms with van der Waals surface area (Å²) in [5.41, 5.74) is 1.87. The molecule has 3 aromatic rings. The average molecular weight is 383 g/mol. The van der Waals surface area contributed by atoms with Crippen LogP contribution in [0.3, 0.4) is 0 Å². The summed E-state index contributed by atoms with van der Waals surface area (Å²) in [6.07, 6.45) is 0. The number of nitrogens with zero attached hydrogens (tertiary/aromatic N) is 3. The van der Waals surface area contributed by atoms with Gasteiger partial charge in [-0.3, -0.25) is 4.79 Å². The van der Waals surface area contributed by atoms with E-state index in [-0.39, 0.29) is 11.2 Å². The molecule has 1 unspecified atom stereocenters. The summed E-state index contributed by atoms with van der Waals surface area (Å²) in [6, 6.07) is 17.1. The summed E-state index contributed by atoms with van der Waals surface area (Å²) in [5.74, 6) is 7.32. The Hall–Kier alpha value is -3.00. The van der Waals surface area contributed by atoms with Gasteiger partial charge in [0.1, 0.15) is 5.75 Å². The summed E-state index contributed by atoms with van der Waals surface area (Å²) in [4.78, 5) is 12.3. The van der Waals surface area contributed by atoms with Crippen molar-refractivity contribution in [2.45, 2.75) is 23.9 Å². The van der Waals surface area contributed by atoms with E-state index in [2.05, 4.69) is 15.5 Å². The maximum absolute atomic E-state index is 12.3. The maximum atomic E-state index is 12.3. The Bertz CT molecular complexity index is 896. The number of nitrogen functional groups attached to an aromatic ring is 1. The predicted molar refractivity (Wildman–Crippen MR) is 106 cm³/mol. The van der Waals surface area contributed by atoms with E-state index in [4.69, 9.17) is 10.6 Å². The normalized spacial score (nSPS) is 11.8. The summed E-state index contributed by atoms with van der Waals surface area (Å²) in [7, 11) is 1.61. The molecule has 0 saturated heterocycles. The van der Waals surface area contributed by atoms with Crippen molar-refractivity contribution in [2.24, 2.45) is 0 Å². The van der Waals surface area contributed by atoms with Gasteiger partial charge in [0.15, 0.2) is 5.82 Å². The first kappa shape index (κ1) is 18.8. The van der Waals surface area contributed by atoms with Crippen LogP contribution in [0.1, 0.15) is 12.5 Å². The SMILES string of the molecule is COc1ccc(-c2nnc(SC(C)C(=O)NCc3ccccc3)n2N)cc1. The first-order chi connectivity index (χ1) is 13.1. The number of hydrogen-bond acceptors (Lipinski definition) is 6. The van der Waals surface area contributed by atoms with Crippen LogP contribution in [-0.4, -0.2) is 33.1 Å². The molecule has 0 fully saturated rings. The second kappa shape index (κ2) is 8.59. The first-order valence-electron chi connectivity index (χ1n) is 8.41. The van der Waals surface area contributed by atoms with Gasteiger partial charge in [0.25, 0.3) is 0 Å². The highest BCUT2D eigenvalue weighted by molar-refractivity contribution is 8.00. The van der Waals surface area contributed by atoms with E-state index in [1.54, 1.807) is 7.11 Å². The van der Waals surface area contributed by atoms with Crippen molar-refractivity contribution < 1.29 is 9.53 Å². The minimum absolute atomic E-state index is 0.0853. The molecule has 0 aliphatic carbocycles. The molecule has 0 aliphatic heterocycles. The van der Waals surface area contributed by atoms with Gasteiger partial charge < -0.3 is 15.9 Å². The smallest absolute Gasteiger partial charge is 0.233 e. The lowest BCUT2D eigenvalue weighted by molar-refractivity contribution is -0.120. The Morgan fingerprint density at radius 2 is 1.89 bits per heavy atom. The first-order valence-corrected chi connectivity index (χ1v) is 9.29. The molecular weight excluding hydrogens is 362 g/mol. The van der Waals surface area contributed by atoms with Gasteiger partial charge in [-0.1, -0.05) is 42.1 Å². The second-order valence-corrected chi connectivity index (χ2v) is 7.18. The van der Waals surface area contributed by atoms with Gasteiger partial charge in [0, 0.05) is 12.1 Å². The van der Waals surface area contributed by atoms with Crippen molar-refractivity contribution in [1.82, 2.24) is 20.2 Å². The van der Waals surface area contributed by atoms with Gasteiger partial charge in [-0.15, -0.1) is 10.2 Å². The molecule has 1 aromatic heterocycles. The minimum atomic E-state index is -0.357. The zero-order valence-electron chi connectivity index (χ0n) is 15.1. The lowest BCUT2D eigenvalue weighted by Gasteiger charge is -2.11. The lowest BCUT2D eigenvalue weighted by atomic mass is 10.2. The molecule has 0 bridgehead atoms. The number of nitrogens with two attached hydrogens (primary N) is 1. The summed E-state index contributed by atoms with van der Waals surface area (Å²) >= 11 is 1.26. The molecule has 8 heteroatoms. The summed E-state index contributed by atoms with van der Waals surface area (Å²) in [5, 5.41) is 11.3. The molecule has 0 aliphatic rings. The largest absolute Gasteiger partial charge is 0.497 e. The number of thioether (sulfide) groups is 1. The van der Waals surface area contributed by atoms with Crippen LogP contribution in [0, 0.1) is 0 Å². The number of hydrogen-bond donors (Lipinski definition) is 2. The molecule has 0 radical (unpaired) electrons. The molecular formula is C19H21N5O2S. The summed E-state index contributed by atoms with van der Waals surface area (Å²) < 4.78 is 6.55. The van der Waals surface area contributed by atoms with Gasteiger partial charge in [-0.25, -0.2) is 4.68 Å². The second-order valence-electron chi connectivity index (χ2n) is 5.87. The molecule has 0 spiro atoms. The Balaban J connectivity index is 1.63. The van der Waals surface area contributed by atoms with Crippen molar-refractivity contribution in [2.75, 3.05) is 13.0 Å². The number of ether oxygens (including phenoxy) is 1. The highest BCUT2D eigenvalue weighted by atomic mass is 32.2. The van der Waals surface area contributed by atoms with E-state index < -0.39 is 0 Å². The van der Waals surface area contributed by atoms with Crippen molar-refractivity contribution in [1.29, 1.82) is 0 Å². The topological polar surface area (TPSA) is 95.1 Å². The summed E-state index contributed by atoms with van der Waals surface area (Å²) in [6.45, 7) is 2.30. The van der Waals surface area contributed by atoms with Crippen molar-refractivity contribution in [3.05, 3.63) is 60.2 Å². The van der Waals surface area contributed by atoms with Crippen LogP contribution in [0.15, 0.2) is 59.8 Å². The average Bonchev–Trinajstić information content (AvgIpc) is 3.07. The molecule has 0 saturated carbocycles. The third kappa shape index (κ3) is 4.59. The van der Waals surface area contributed by atoms with Gasteiger partial charge in [0.05, 0.1) is 12.4 Å². The number of aromatic nitrogens is 3. The van der Waals surface area contributed by atoms with E-state index in [1.165, 1.54) is 16.4 Å². The van der Waals surface area contributed by atoms with Crippen LogP contribution < -0.4 is 15.9 Å². The van der Waals surface area contributed by atoms with Gasteiger partial charge >= 0.3 is 0 Å². The Morgan fingerprint density at radius 1 is 1.19 bits per heavy atom. The van der Waals surface area contributed by atoms with Crippen molar-refractivity contribution in [3.8, 4) is 17.1 Å². The van der Waals surface area contributed by atoms with Crippen LogP contribution in [0.25, 0.3) is 11.4 Å². The molecule has 1 amide bonds.